The Balaban J connectivity index is 1.72. The minimum atomic E-state index is -0.250. The first-order valence-corrected chi connectivity index (χ1v) is 9.55. The second-order valence-electron chi connectivity index (χ2n) is 7.29. The summed E-state index contributed by atoms with van der Waals surface area (Å²) in [5, 5.41) is 7.99. The van der Waals surface area contributed by atoms with E-state index >= 15 is 0 Å². The van der Waals surface area contributed by atoms with Gasteiger partial charge >= 0.3 is 0 Å². The number of hydrogen-bond donors (Lipinski definition) is 3. The number of fused-ring (bicyclic) bond motifs is 1. The zero-order valence-electron chi connectivity index (χ0n) is 14.9. The fourth-order valence-electron chi connectivity index (χ4n) is 3.42. The molecular weight excluding hydrogens is 387 g/mol. The molecular formula is C18H20Cl2N6O. The lowest BCUT2D eigenvalue weighted by atomic mass is 9.80. The molecule has 0 radical (unpaired) electrons. The molecule has 3 aromatic rings. The predicted molar refractivity (Wildman–Crippen MR) is 109 cm³/mol. The van der Waals surface area contributed by atoms with Gasteiger partial charge in [0.2, 0.25) is 0 Å². The van der Waals surface area contributed by atoms with Crippen molar-refractivity contribution in [3.05, 3.63) is 38.6 Å². The summed E-state index contributed by atoms with van der Waals surface area (Å²) in [6.45, 7) is 4.32. The van der Waals surface area contributed by atoms with Crippen LogP contribution in [0.3, 0.4) is 0 Å². The van der Waals surface area contributed by atoms with Gasteiger partial charge in [0.25, 0.3) is 5.56 Å². The molecule has 0 spiro atoms. The van der Waals surface area contributed by atoms with E-state index in [0.717, 1.165) is 25.9 Å². The molecule has 1 aliphatic rings. The Labute approximate surface area is 165 Å². The second kappa shape index (κ2) is 6.82. The van der Waals surface area contributed by atoms with E-state index in [0.29, 0.717) is 44.8 Å². The zero-order chi connectivity index (χ0) is 19.2. The van der Waals surface area contributed by atoms with Crippen LogP contribution in [-0.2, 0) is 0 Å². The maximum Gasteiger partial charge on any atom is 0.291 e. The summed E-state index contributed by atoms with van der Waals surface area (Å²) in [5.74, 6) is 0.397. The van der Waals surface area contributed by atoms with Crippen molar-refractivity contribution in [2.24, 2.45) is 11.1 Å². The first-order valence-electron chi connectivity index (χ1n) is 8.80. The van der Waals surface area contributed by atoms with Crippen molar-refractivity contribution >= 4 is 40.2 Å². The Hall–Kier alpha value is -2.09. The molecule has 0 atom stereocenters. The van der Waals surface area contributed by atoms with Crippen LogP contribution in [0.15, 0.2) is 23.0 Å². The van der Waals surface area contributed by atoms with Crippen molar-refractivity contribution in [3.8, 4) is 11.3 Å². The van der Waals surface area contributed by atoms with Gasteiger partial charge in [-0.25, -0.2) is 4.98 Å². The topological polar surface area (TPSA) is 104 Å². The van der Waals surface area contributed by atoms with Gasteiger partial charge in [-0.2, -0.15) is 5.10 Å². The predicted octanol–water partition coefficient (Wildman–Crippen LogP) is 3.19. The summed E-state index contributed by atoms with van der Waals surface area (Å²) in [5.41, 5.74) is 7.91. The molecule has 1 aliphatic heterocycles. The molecule has 0 unspecified atom stereocenters. The molecule has 1 fully saturated rings. The molecule has 4 rings (SSSR count). The van der Waals surface area contributed by atoms with Gasteiger partial charge in [0.1, 0.15) is 11.2 Å². The van der Waals surface area contributed by atoms with E-state index in [2.05, 4.69) is 27.1 Å². The molecule has 0 amide bonds. The Morgan fingerprint density at radius 1 is 1.30 bits per heavy atom. The van der Waals surface area contributed by atoms with Gasteiger partial charge in [-0.1, -0.05) is 42.3 Å². The third-order valence-electron chi connectivity index (χ3n) is 5.38. The SMILES string of the molecule is CC1(CN)CCN(c2nc3[nH]nc(-c4cccc(Cl)c4Cl)c3[nH]c2=O)CC1. The molecule has 1 aromatic carbocycles. The average molecular weight is 407 g/mol. The first kappa shape index (κ1) is 18.3. The van der Waals surface area contributed by atoms with E-state index in [4.69, 9.17) is 28.9 Å². The van der Waals surface area contributed by atoms with E-state index < -0.39 is 0 Å². The van der Waals surface area contributed by atoms with E-state index in [-0.39, 0.29) is 11.0 Å². The highest BCUT2D eigenvalue weighted by atomic mass is 35.5. The summed E-state index contributed by atoms with van der Waals surface area (Å²) in [6.07, 6.45) is 1.85. The lowest BCUT2D eigenvalue weighted by Crippen LogP contribution is -2.44. The largest absolute Gasteiger partial charge is 0.352 e. The number of hydrogen-bond acceptors (Lipinski definition) is 5. The highest BCUT2D eigenvalue weighted by Crippen LogP contribution is 2.35. The van der Waals surface area contributed by atoms with Crippen LogP contribution in [0.5, 0.6) is 0 Å². The van der Waals surface area contributed by atoms with Gasteiger partial charge in [-0.15, -0.1) is 0 Å². The molecule has 9 heteroatoms. The van der Waals surface area contributed by atoms with E-state index in [9.17, 15) is 4.79 Å². The number of anilines is 1. The third kappa shape index (κ3) is 3.20. The number of H-pyrrole nitrogens is 2. The van der Waals surface area contributed by atoms with Crippen molar-refractivity contribution in [3.63, 3.8) is 0 Å². The molecule has 7 nitrogen and oxygen atoms in total. The Kier molecular flexibility index (Phi) is 4.61. The lowest BCUT2D eigenvalue weighted by molar-refractivity contribution is 0.257. The van der Waals surface area contributed by atoms with Gasteiger partial charge in [-0.05, 0) is 30.9 Å². The number of aromatic nitrogens is 4. The van der Waals surface area contributed by atoms with E-state index in [1.807, 2.05) is 4.90 Å². The summed E-state index contributed by atoms with van der Waals surface area (Å²) in [7, 11) is 0. The monoisotopic (exact) mass is 406 g/mol. The number of benzene rings is 1. The Morgan fingerprint density at radius 2 is 2.04 bits per heavy atom. The number of nitrogens with two attached hydrogens (primary N) is 1. The van der Waals surface area contributed by atoms with Crippen LogP contribution in [0.25, 0.3) is 22.4 Å². The van der Waals surface area contributed by atoms with Crippen molar-refractivity contribution in [1.82, 2.24) is 20.2 Å². The van der Waals surface area contributed by atoms with Crippen LogP contribution < -0.4 is 16.2 Å². The zero-order valence-corrected chi connectivity index (χ0v) is 16.4. The van der Waals surface area contributed by atoms with Gasteiger partial charge in [-0.3, -0.25) is 9.89 Å². The fourth-order valence-corrected chi connectivity index (χ4v) is 3.81. The number of rotatable bonds is 3. The van der Waals surface area contributed by atoms with Crippen molar-refractivity contribution in [1.29, 1.82) is 0 Å². The first-order chi connectivity index (χ1) is 12.9. The number of aromatic amines is 2. The molecule has 142 valence electrons. The van der Waals surface area contributed by atoms with E-state index in [1.54, 1.807) is 18.2 Å². The number of piperidine rings is 1. The summed E-state index contributed by atoms with van der Waals surface area (Å²) >= 11 is 12.4. The number of nitrogens with zero attached hydrogens (tertiary/aromatic N) is 3. The maximum absolute atomic E-state index is 12.7. The maximum atomic E-state index is 12.7. The van der Waals surface area contributed by atoms with Crippen molar-refractivity contribution < 1.29 is 0 Å². The molecule has 4 N–H and O–H groups in total. The van der Waals surface area contributed by atoms with Gasteiger partial charge < -0.3 is 15.6 Å². The summed E-state index contributed by atoms with van der Waals surface area (Å²) in [4.78, 5) is 22.1. The van der Waals surface area contributed by atoms with Gasteiger partial charge in [0, 0.05) is 18.7 Å². The normalized spacial score (nSPS) is 16.8. The second-order valence-corrected chi connectivity index (χ2v) is 8.07. The third-order valence-corrected chi connectivity index (χ3v) is 6.20. The van der Waals surface area contributed by atoms with Crippen LogP contribution in [0.1, 0.15) is 19.8 Å². The van der Waals surface area contributed by atoms with Gasteiger partial charge in [0.15, 0.2) is 11.5 Å². The van der Waals surface area contributed by atoms with Crippen molar-refractivity contribution in [2.75, 3.05) is 24.5 Å². The Morgan fingerprint density at radius 3 is 2.74 bits per heavy atom. The smallest absolute Gasteiger partial charge is 0.291 e. The standard InChI is InChI=1S/C18H20Cl2N6O/c1-18(9-21)5-7-26(8-6-18)16-17(27)22-14-13(24-25-15(14)23-16)10-3-2-4-11(19)12(10)20/h2-4H,5-9,21H2,1H3,(H,22,27)(H,23,24,25). The minimum Gasteiger partial charge on any atom is -0.352 e. The quantitative estimate of drug-likeness (QED) is 0.619. The van der Waals surface area contributed by atoms with Crippen LogP contribution in [0.2, 0.25) is 10.0 Å². The Bertz CT molecular complexity index is 1050. The fraction of sp³-hybridized carbons (Fsp3) is 0.389. The molecule has 3 heterocycles. The summed E-state index contributed by atoms with van der Waals surface area (Å²) in [6, 6.07) is 5.28. The average Bonchev–Trinajstić information content (AvgIpc) is 3.07. The van der Waals surface area contributed by atoms with Crippen LogP contribution in [0.4, 0.5) is 5.82 Å². The van der Waals surface area contributed by atoms with Gasteiger partial charge in [0.05, 0.1) is 10.0 Å². The van der Waals surface area contributed by atoms with Crippen molar-refractivity contribution in [2.45, 2.75) is 19.8 Å². The van der Waals surface area contributed by atoms with E-state index in [1.165, 1.54) is 0 Å². The van der Waals surface area contributed by atoms with Crippen LogP contribution in [-0.4, -0.2) is 39.8 Å². The molecule has 1 saturated heterocycles. The number of nitrogens with one attached hydrogen (secondary N) is 2. The molecule has 0 aliphatic carbocycles. The lowest BCUT2D eigenvalue weighted by Gasteiger charge is -2.38. The highest BCUT2D eigenvalue weighted by Gasteiger charge is 2.30. The van der Waals surface area contributed by atoms with Crippen LogP contribution >= 0.6 is 23.2 Å². The highest BCUT2D eigenvalue weighted by molar-refractivity contribution is 6.43. The number of halogens is 2. The summed E-state index contributed by atoms with van der Waals surface area (Å²) < 4.78 is 0. The van der Waals surface area contributed by atoms with Crippen LogP contribution in [0, 0.1) is 5.41 Å². The minimum absolute atomic E-state index is 0.123. The molecule has 0 saturated carbocycles. The molecule has 2 aromatic heterocycles. The molecule has 27 heavy (non-hydrogen) atoms. The molecule has 0 bridgehead atoms.